The van der Waals surface area contributed by atoms with Crippen LogP contribution in [0.3, 0.4) is 0 Å². The molecule has 1 heterocycles. The molecule has 1 aromatic heterocycles. The number of aromatic nitrogens is 1. The molecule has 0 saturated carbocycles. The second kappa shape index (κ2) is 6.68. The summed E-state index contributed by atoms with van der Waals surface area (Å²) in [5.74, 6) is -0.398. The van der Waals surface area contributed by atoms with Crippen molar-refractivity contribution in [2.45, 2.75) is 0 Å². The molecule has 6 nitrogen and oxygen atoms in total. The molecule has 2 aromatic carbocycles. The standard InChI is InChI=1S/C19H19N3O3/c1-21(2)15-11-9-14(10-12-15)20-18(23)17-16(19(24)25-22(17)3)13-7-5-4-6-8-13/h4-12H,1-3H3,(H,20,23). The molecule has 0 unspecified atom stereocenters. The van der Waals surface area contributed by atoms with Gasteiger partial charge in [0, 0.05) is 32.5 Å². The lowest BCUT2D eigenvalue weighted by Crippen LogP contribution is -2.17. The fraction of sp³-hybridized carbons (Fsp3) is 0.158. The Morgan fingerprint density at radius 2 is 1.68 bits per heavy atom. The summed E-state index contributed by atoms with van der Waals surface area (Å²) < 4.78 is 6.31. The molecule has 0 fully saturated rings. The van der Waals surface area contributed by atoms with Crippen LogP contribution in [0.15, 0.2) is 63.9 Å². The third-order valence-corrected chi connectivity index (χ3v) is 3.89. The van der Waals surface area contributed by atoms with Gasteiger partial charge in [-0.05, 0) is 29.8 Å². The van der Waals surface area contributed by atoms with Crippen LogP contribution in [0, 0.1) is 0 Å². The molecule has 1 N–H and O–H groups in total. The molecule has 0 saturated heterocycles. The van der Waals surface area contributed by atoms with Crippen molar-refractivity contribution in [3.63, 3.8) is 0 Å². The number of anilines is 2. The van der Waals surface area contributed by atoms with E-state index < -0.39 is 11.5 Å². The highest BCUT2D eigenvalue weighted by Gasteiger charge is 2.23. The predicted molar refractivity (Wildman–Crippen MR) is 98.1 cm³/mol. The van der Waals surface area contributed by atoms with E-state index in [9.17, 15) is 9.59 Å². The minimum absolute atomic E-state index is 0.188. The van der Waals surface area contributed by atoms with E-state index in [1.807, 2.05) is 61.5 Å². The molecule has 0 radical (unpaired) electrons. The van der Waals surface area contributed by atoms with Crippen LogP contribution in [0.5, 0.6) is 0 Å². The normalized spacial score (nSPS) is 10.5. The maximum atomic E-state index is 12.7. The molecule has 3 aromatic rings. The number of rotatable bonds is 4. The van der Waals surface area contributed by atoms with Crippen LogP contribution in [-0.4, -0.2) is 24.7 Å². The van der Waals surface area contributed by atoms with E-state index in [2.05, 4.69) is 5.32 Å². The topological polar surface area (TPSA) is 67.5 Å². The van der Waals surface area contributed by atoms with E-state index in [-0.39, 0.29) is 11.3 Å². The number of hydrogen-bond donors (Lipinski definition) is 1. The molecule has 0 bridgehead atoms. The first-order chi connectivity index (χ1) is 12.0. The van der Waals surface area contributed by atoms with Crippen LogP contribution >= 0.6 is 0 Å². The van der Waals surface area contributed by atoms with E-state index in [0.29, 0.717) is 11.3 Å². The lowest BCUT2D eigenvalue weighted by Gasteiger charge is -2.13. The van der Waals surface area contributed by atoms with Crippen molar-refractivity contribution >= 4 is 17.3 Å². The lowest BCUT2D eigenvalue weighted by molar-refractivity contribution is 0.100. The minimum atomic E-state index is -0.540. The predicted octanol–water partition coefficient (Wildman–Crippen LogP) is 2.96. The summed E-state index contributed by atoms with van der Waals surface area (Å²) in [7, 11) is 5.43. The number of carbonyl (C=O) groups excluding carboxylic acids is 1. The van der Waals surface area contributed by atoms with E-state index >= 15 is 0 Å². The first-order valence-corrected chi connectivity index (χ1v) is 7.82. The number of nitrogens with zero attached hydrogens (tertiary/aromatic N) is 2. The summed E-state index contributed by atoms with van der Waals surface area (Å²) in [5.41, 5.74) is 2.21. The van der Waals surface area contributed by atoms with Gasteiger partial charge in [-0.15, -0.1) is 0 Å². The zero-order chi connectivity index (χ0) is 18.0. The van der Waals surface area contributed by atoms with Crippen LogP contribution in [-0.2, 0) is 7.05 Å². The first kappa shape index (κ1) is 16.6. The van der Waals surface area contributed by atoms with Crippen molar-refractivity contribution < 1.29 is 9.32 Å². The summed E-state index contributed by atoms with van der Waals surface area (Å²) in [5, 5.41) is 2.81. The summed E-state index contributed by atoms with van der Waals surface area (Å²) in [6.45, 7) is 0. The van der Waals surface area contributed by atoms with Crippen LogP contribution in [0.2, 0.25) is 0 Å². The maximum absolute atomic E-state index is 12.7. The van der Waals surface area contributed by atoms with Gasteiger partial charge in [-0.3, -0.25) is 4.79 Å². The second-order valence-electron chi connectivity index (χ2n) is 5.86. The quantitative estimate of drug-likeness (QED) is 0.795. The van der Waals surface area contributed by atoms with E-state index in [1.165, 1.54) is 11.8 Å². The van der Waals surface area contributed by atoms with Crippen LogP contribution in [0.1, 0.15) is 10.5 Å². The molecule has 0 aliphatic rings. The molecular formula is C19H19N3O3. The third-order valence-electron chi connectivity index (χ3n) is 3.89. The number of amides is 1. The van der Waals surface area contributed by atoms with Gasteiger partial charge in [-0.1, -0.05) is 30.3 Å². The van der Waals surface area contributed by atoms with Gasteiger partial charge in [0.15, 0.2) is 5.69 Å². The van der Waals surface area contributed by atoms with E-state index in [0.717, 1.165) is 5.69 Å². The fourth-order valence-corrected chi connectivity index (χ4v) is 2.62. The minimum Gasteiger partial charge on any atom is -0.378 e. The molecule has 6 heteroatoms. The summed E-state index contributed by atoms with van der Waals surface area (Å²) in [6.07, 6.45) is 0. The molecule has 3 rings (SSSR count). The first-order valence-electron chi connectivity index (χ1n) is 7.82. The Hall–Kier alpha value is -3.28. The summed E-state index contributed by atoms with van der Waals surface area (Å²) >= 11 is 0. The largest absolute Gasteiger partial charge is 0.378 e. The zero-order valence-electron chi connectivity index (χ0n) is 14.3. The smallest absolute Gasteiger partial charge is 0.366 e. The molecule has 0 atom stereocenters. The van der Waals surface area contributed by atoms with Crippen LogP contribution < -0.4 is 15.8 Å². The molecule has 1 amide bonds. The van der Waals surface area contributed by atoms with Crippen molar-refractivity contribution in [1.82, 2.24) is 4.74 Å². The lowest BCUT2D eigenvalue weighted by atomic mass is 10.1. The maximum Gasteiger partial charge on any atom is 0.366 e. The van der Waals surface area contributed by atoms with Crippen molar-refractivity contribution in [2.24, 2.45) is 7.05 Å². The average molecular weight is 337 g/mol. The molecule has 25 heavy (non-hydrogen) atoms. The van der Waals surface area contributed by atoms with Gasteiger partial charge in [0.05, 0.1) is 0 Å². The van der Waals surface area contributed by atoms with Gasteiger partial charge in [0.2, 0.25) is 0 Å². The third kappa shape index (κ3) is 3.33. The van der Waals surface area contributed by atoms with Crippen LogP contribution in [0.25, 0.3) is 11.1 Å². The molecule has 0 aliphatic carbocycles. The van der Waals surface area contributed by atoms with Crippen molar-refractivity contribution in [1.29, 1.82) is 0 Å². The van der Waals surface area contributed by atoms with E-state index in [1.54, 1.807) is 12.1 Å². The SMILES string of the molecule is CN(C)c1ccc(NC(=O)c2c(-c3ccccc3)c(=O)on2C)cc1. The number of carbonyl (C=O) groups is 1. The Kier molecular flexibility index (Phi) is 4.43. The van der Waals surface area contributed by atoms with Gasteiger partial charge < -0.3 is 14.7 Å². The fourth-order valence-electron chi connectivity index (χ4n) is 2.62. The monoisotopic (exact) mass is 337 g/mol. The number of aryl methyl sites for hydroxylation is 1. The highest BCUT2D eigenvalue weighted by molar-refractivity contribution is 6.07. The van der Waals surface area contributed by atoms with Gasteiger partial charge in [-0.2, -0.15) is 0 Å². The van der Waals surface area contributed by atoms with Gasteiger partial charge in [0.25, 0.3) is 5.91 Å². The summed E-state index contributed by atoms with van der Waals surface area (Å²) in [4.78, 5) is 26.9. The average Bonchev–Trinajstić information content (AvgIpc) is 2.90. The molecule has 0 spiro atoms. The second-order valence-corrected chi connectivity index (χ2v) is 5.86. The highest BCUT2D eigenvalue weighted by Crippen LogP contribution is 2.22. The Morgan fingerprint density at radius 3 is 2.28 bits per heavy atom. The summed E-state index contributed by atoms with van der Waals surface area (Å²) in [6, 6.07) is 16.4. The Morgan fingerprint density at radius 1 is 1.04 bits per heavy atom. The van der Waals surface area contributed by atoms with Gasteiger partial charge >= 0.3 is 5.63 Å². The Balaban J connectivity index is 1.94. The number of nitrogens with one attached hydrogen (secondary N) is 1. The molecular weight excluding hydrogens is 318 g/mol. The highest BCUT2D eigenvalue weighted by atomic mass is 16.5. The molecule has 0 aliphatic heterocycles. The van der Waals surface area contributed by atoms with Crippen molar-refractivity contribution in [3.05, 3.63) is 70.7 Å². The Labute approximate surface area is 145 Å². The van der Waals surface area contributed by atoms with Crippen molar-refractivity contribution in [3.8, 4) is 11.1 Å². The van der Waals surface area contributed by atoms with Gasteiger partial charge in [0.1, 0.15) is 5.56 Å². The molecule has 128 valence electrons. The zero-order valence-corrected chi connectivity index (χ0v) is 14.3. The number of benzene rings is 2. The van der Waals surface area contributed by atoms with Crippen molar-refractivity contribution in [2.75, 3.05) is 24.3 Å². The van der Waals surface area contributed by atoms with E-state index in [4.69, 9.17) is 4.52 Å². The Bertz CT molecular complexity index is 938. The van der Waals surface area contributed by atoms with Crippen LogP contribution in [0.4, 0.5) is 11.4 Å². The number of hydrogen-bond acceptors (Lipinski definition) is 4. The van der Waals surface area contributed by atoms with Gasteiger partial charge in [-0.25, -0.2) is 9.53 Å².